The van der Waals surface area contributed by atoms with E-state index in [1.54, 1.807) is 0 Å². The summed E-state index contributed by atoms with van der Waals surface area (Å²) in [6, 6.07) is 1.04. The molecule has 1 aromatic rings. The minimum atomic E-state index is -1.32. The first-order chi connectivity index (χ1) is 15.4. The average molecular weight is 488 g/mol. The minimum absolute atomic E-state index is 0.0436. The third kappa shape index (κ3) is 3.35. The average Bonchev–Trinajstić information content (AvgIpc) is 3.03. The van der Waals surface area contributed by atoms with Crippen LogP contribution in [0.1, 0.15) is 18.4 Å². The van der Waals surface area contributed by atoms with Gasteiger partial charge in [0.15, 0.2) is 5.82 Å². The van der Waals surface area contributed by atoms with E-state index < -0.39 is 17.8 Å². The van der Waals surface area contributed by atoms with Gasteiger partial charge in [0, 0.05) is 13.7 Å². The smallest absolute Gasteiger partial charge is 0.407 e. The van der Waals surface area contributed by atoms with Crippen molar-refractivity contribution in [2.45, 2.75) is 47.7 Å². The second-order valence-corrected chi connectivity index (χ2v) is 9.22. The number of hydrogen-bond acceptors (Lipinski definition) is 9. The van der Waals surface area contributed by atoms with Crippen LogP contribution in [-0.4, -0.2) is 90.1 Å². The number of pyridine rings is 1. The highest BCUT2D eigenvalue weighted by Gasteiger charge is 2.54. The second kappa shape index (κ2) is 8.40. The number of nitrogens with zero attached hydrogens (tertiary/aromatic N) is 5. The van der Waals surface area contributed by atoms with Crippen molar-refractivity contribution in [2.75, 3.05) is 43.3 Å². The molecule has 13 heteroatoms. The van der Waals surface area contributed by atoms with Gasteiger partial charge in [-0.15, -0.1) is 11.8 Å². The summed E-state index contributed by atoms with van der Waals surface area (Å²) < 4.78 is 31.9. The lowest BCUT2D eigenvalue weighted by molar-refractivity contribution is -0.0687. The molecule has 1 amide bonds. The Labute approximate surface area is 193 Å². The summed E-state index contributed by atoms with van der Waals surface area (Å²) >= 11 is 7.52. The van der Waals surface area contributed by atoms with Gasteiger partial charge in [-0.1, -0.05) is 16.1 Å². The molecule has 2 bridgehead atoms. The molecule has 2 fully saturated rings. The van der Waals surface area contributed by atoms with Crippen LogP contribution in [-0.2, 0) is 14.2 Å². The Hall–Kier alpha value is -2.02. The zero-order chi connectivity index (χ0) is 22.6. The minimum Gasteiger partial charge on any atom is -0.469 e. The van der Waals surface area contributed by atoms with Gasteiger partial charge in [0.05, 0.1) is 30.4 Å². The van der Waals surface area contributed by atoms with E-state index in [1.165, 1.54) is 23.8 Å². The Kier molecular flexibility index (Phi) is 5.72. The van der Waals surface area contributed by atoms with Crippen molar-refractivity contribution < 1.29 is 28.6 Å². The van der Waals surface area contributed by atoms with E-state index in [0.29, 0.717) is 34.4 Å². The molecular weight excluding hydrogens is 465 g/mol. The lowest BCUT2D eigenvalue weighted by Gasteiger charge is -2.48. The molecule has 1 N–H and O–H groups in total. The van der Waals surface area contributed by atoms with Crippen molar-refractivity contribution in [3.8, 4) is 0 Å². The highest BCUT2D eigenvalue weighted by molar-refractivity contribution is 7.98. The molecule has 2 saturated heterocycles. The Morgan fingerprint density at radius 2 is 2.28 bits per heavy atom. The number of aromatic nitrogens is 1. The lowest BCUT2D eigenvalue weighted by Crippen LogP contribution is -2.65. The summed E-state index contributed by atoms with van der Waals surface area (Å²) in [6.07, 6.45) is 1.77. The van der Waals surface area contributed by atoms with E-state index in [1.807, 2.05) is 12.3 Å². The Bertz CT molecular complexity index is 957. The normalized spacial score (nSPS) is 30.3. The largest absolute Gasteiger partial charge is 0.469 e. The number of carbonyl (C=O) groups is 1. The van der Waals surface area contributed by atoms with Crippen LogP contribution in [0.15, 0.2) is 16.1 Å². The topological polar surface area (TPSA) is 100.0 Å². The van der Waals surface area contributed by atoms with E-state index in [0.717, 1.165) is 6.42 Å². The van der Waals surface area contributed by atoms with Crippen LogP contribution in [0.4, 0.5) is 20.8 Å². The third-order valence-electron chi connectivity index (χ3n) is 6.36. The molecule has 0 aliphatic carbocycles. The fourth-order valence-electron chi connectivity index (χ4n) is 5.17. The number of ether oxygens (including phenoxy) is 3. The van der Waals surface area contributed by atoms with Gasteiger partial charge in [-0.2, -0.15) is 5.12 Å². The van der Waals surface area contributed by atoms with Gasteiger partial charge in [0.1, 0.15) is 23.5 Å². The van der Waals surface area contributed by atoms with Crippen molar-refractivity contribution in [3.05, 3.63) is 11.6 Å². The SMILES string of the molecule is COCOCC1OC2=NC(Cl)N(F)c3nc(SC)cc(c32)N2CC3CCC(C12)N3C(=O)O. The molecule has 5 rings (SSSR count). The van der Waals surface area contributed by atoms with E-state index in [9.17, 15) is 14.4 Å². The number of fused-ring (bicyclic) bond motifs is 5. The number of halogens is 2. The number of anilines is 2. The Balaban J connectivity index is 1.66. The molecule has 5 heterocycles. The number of alkyl halides is 1. The molecule has 5 unspecified atom stereocenters. The molecule has 4 aliphatic rings. The number of carboxylic acid groups (broad SMARTS) is 1. The van der Waals surface area contributed by atoms with Gasteiger partial charge >= 0.3 is 6.09 Å². The zero-order valence-electron chi connectivity index (χ0n) is 17.5. The first-order valence-corrected chi connectivity index (χ1v) is 11.9. The zero-order valence-corrected chi connectivity index (χ0v) is 19.1. The molecule has 0 aromatic carbocycles. The van der Waals surface area contributed by atoms with E-state index in [2.05, 4.69) is 14.9 Å². The third-order valence-corrected chi connectivity index (χ3v) is 7.25. The van der Waals surface area contributed by atoms with Crippen LogP contribution in [0, 0.1) is 0 Å². The van der Waals surface area contributed by atoms with Crippen molar-refractivity contribution in [3.63, 3.8) is 0 Å². The van der Waals surface area contributed by atoms with Crippen molar-refractivity contribution in [2.24, 2.45) is 4.99 Å². The predicted octanol–water partition coefficient (Wildman–Crippen LogP) is 2.50. The highest BCUT2D eigenvalue weighted by Crippen LogP contribution is 2.46. The summed E-state index contributed by atoms with van der Waals surface area (Å²) in [5.74, 6) is 0.226. The Morgan fingerprint density at radius 3 is 3.00 bits per heavy atom. The second-order valence-electron chi connectivity index (χ2n) is 8.00. The summed E-state index contributed by atoms with van der Waals surface area (Å²) in [5, 5.41) is 10.8. The summed E-state index contributed by atoms with van der Waals surface area (Å²) in [6.45, 7) is 0.647. The quantitative estimate of drug-likeness (QED) is 0.168. The number of rotatable bonds is 5. The molecular formula is C19H23ClFN5O5S. The standard InChI is InChI=1S/C19H23ClFN5O5S/c1-29-8-30-7-12-15-10-4-3-9(25(10)19(27)28)6-24(15)11-5-13(32-2)22-16-14(11)17(31-12)23-18(20)26(16)21/h5,9-10,12,15,18H,3-4,6-8H2,1-2H3,(H,27,28). The van der Waals surface area contributed by atoms with Crippen molar-refractivity contribution in [1.29, 1.82) is 0 Å². The van der Waals surface area contributed by atoms with Gasteiger partial charge in [-0.05, 0) is 25.2 Å². The van der Waals surface area contributed by atoms with Crippen LogP contribution in [0.5, 0.6) is 0 Å². The maximum absolute atomic E-state index is 15.0. The molecule has 4 aliphatic heterocycles. The number of aliphatic imine (C=N–C) groups is 1. The van der Waals surface area contributed by atoms with Gasteiger partial charge in [0.2, 0.25) is 11.5 Å². The number of amides is 1. The maximum Gasteiger partial charge on any atom is 0.407 e. The van der Waals surface area contributed by atoms with Crippen LogP contribution < -0.4 is 10.0 Å². The predicted molar refractivity (Wildman–Crippen MR) is 116 cm³/mol. The lowest BCUT2D eigenvalue weighted by atomic mass is 9.96. The van der Waals surface area contributed by atoms with Crippen LogP contribution in [0.25, 0.3) is 0 Å². The van der Waals surface area contributed by atoms with Crippen LogP contribution in [0.2, 0.25) is 0 Å². The van der Waals surface area contributed by atoms with Gasteiger partial charge in [-0.25, -0.2) is 14.8 Å². The Morgan fingerprint density at radius 1 is 1.47 bits per heavy atom. The first kappa shape index (κ1) is 21.8. The van der Waals surface area contributed by atoms with Gasteiger partial charge in [0.25, 0.3) is 0 Å². The van der Waals surface area contributed by atoms with E-state index >= 15 is 0 Å². The molecule has 1 aromatic heterocycles. The summed E-state index contributed by atoms with van der Waals surface area (Å²) in [7, 11) is 1.52. The summed E-state index contributed by atoms with van der Waals surface area (Å²) in [5.41, 5.74) is -0.187. The van der Waals surface area contributed by atoms with Crippen molar-refractivity contribution in [1.82, 2.24) is 9.88 Å². The molecule has 5 atom stereocenters. The first-order valence-electron chi connectivity index (χ1n) is 10.2. The maximum atomic E-state index is 15.0. The fourth-order valence-corrected chi connectivity index (χ4v) is 5.76. The van der Waals surface area contributed by atoms with E-state index in [-0.39, 0.29) is 43.2 Å². The van der Waals surface area contributed by atoms with Gasteiger partial charge in [-0.3, -0.25) is 4.90 Å². The molecule has 0 spiro atoms. The molecule has 174 valence electrons. The fraction of sp³-hybridized carbons (Fsp3) is 0.632. The number of piperazine rings is 1. The molecule has 32 heavy (non-hydrogen) atoms. The number of hydrogen-bond donors (Lipinski definition) is 1. The molecule has 10 nitrogen and oxygen atoms in total. The monoisotopic (exact) mass is 487 g/mol. The van der Waals surface area contributed by atoms with Crippen LogP contribution >= 0.6 is 23.4 Å². The van der Waals surface area contributed by atoms with Gasteiger partial charge < -0.3 is 24.2 Å². The molecule has 0 radical (unpaired) electrons. The molecule has 0 saturated carbocycles. The number of thioether (sulfide) groups is 1. The summed E-state index contributed by atoms with van der Waals surface area (Å²) in [4.78, 5) is 24.4. The van der Waals surface area contributed by atoms with Crippen LogP contribution in [0.3, 0.4) is 0 Å². The van der Waals surface area contributed by atoms with Crippen molar-refractivity contribution >= 4 is 46.9 Å². The van der Waals surface area contributed by atoms with E-state index in [4.69, 9.17) is 25.8 Å². The highest BCUT2D eigenvalue weighted by atomic mass is 35.5. The number of methoxy groups -OCH3 is 1.